The molecule has 0 bridgehead atoms. The number of nitrogens with one attached hydrogen (secondary N) is 1. The average molecular weight is 237 g/mol. The number of aryl methyl sites for hydroxylation is 1. The van der Waals surface area contributed by atoms with Crippen LogP contribution in [0.3, 0.4) is 0 Å². The normalized spacial score (nSPS) is 14.1. The largest absolute Gasteiger partial charge is 0.450 e. The summed E-state index contributed by atoms with van der Waals surface area (Å²) in [5.74, 6) is 1.19. The molecule has 1 aliphatic heterocycles. The number of fused-ring (bicyclic) bond motifs is 1. The van der Waals surface area contributed by atoms with Crippen LogP contribution in [-0.4, -0.2) is 18.5 Å². The number of hydrogen-bond acceptors (Lipinski definition) is 3. The summed E-state index contributed by atoms with van der Waals surface area (Å²) in [6.07, 6.45) is 1.92. The fraction of sp³-hybridized carbons (Fsp3) is 0.417. The summed E-state index contributed by atoms with van der Waals surface area (Å²) in [6, 6.07) is 6.03. The van der Waals surface area contributed by atoms with Crippen LogP contribution < -0.4 is 5.32 Å². The number of benzene rings is 1. The summed E-state index contributed by atoms with van der Waals surface area (Å²) in [4.78, 5) is 12.6. The Hall–Kier alpha value is -1.16. The SMILES string of the molecule is CCOC(=O)Nc1ccc2c(c1)CCCS2. The molecule has 1 heterocycles. The Morgan fingerprint density at radius 2 is 2.44 bits per heavy atom. The van der Waals surface area contributed by atoms with Gasteiger partial charge in [-0.05, 0) is 49.3 Å². The third-order valence-corrected chi connectivity index (χ3v) is 3.63. The lowest BCUT2D eigenvalue weighted by atomic mass is 10.1. The number of ether oxygens (including phenoxy) is 1. The van der Waals surface area contributed by atoms with E-state index in [0.717, 1.165) is 12.1 Å². The van der Waals surface area contributed by atoms with Gasteiger partial charge in [-0.15, -0.1) is 11.8 Å². The zero-order chi connectivity index (χ0) is 11.4. The third-order valence-electron chi connectivity index (χ3n) is 2.43. The second-order valence-electron chi connectivity index (χ2n) is 3.62. The molecule has 1 aromatic carbocycles. The summed E-state index contributed by atoms with van der Waals surface area (Å²) in [6.45, 7) is 2.19. The highest BCUT2D eigenvalue weighted by atomic mass is 32.2. The number of hydrogen-bond donors (Lipinski definition) is 1. The Morgan fingerprint density at radius 1 is 1.56 bits per heavy atom. The fourth-order valence-corrected chi connectivity index (χ4v) is 2.74. The number of rotatable bonds is 2. The number of amides is 1. The van der Waals surface area contributed by atoms with Crippen molar-refractivity contribution in [3.05, 3.63) is 23.8 Å². The lowest BCUT2D eigenvalue weighted by Gasteiger charge is -2.16. The summed E-state index contributed by atoms with van der Waals surface area (Å²) in [5.41, 5.74) is 2.14. The molecule has 1 N–H and O–H groups in total. The molecular formula is C12H15NO2S. The van der Waals surface area contributed by atoms with Crippen molar-refractivity contribution in [2.75, 3.05) is 17.7 Å². The van der Waals surface area contributed by atoms with Gasteiger partial charge in [0.2, 0.25) is 0 Å². The molecule has 0 unspecified atom stereocenters. The molecule has 0 aliphatic carbocycles. The first kappa shape index (κ1) is 11.3. The molecule has 4 heteroatoms. The Balaban J connectivity index is 2.08. The van der Waals surface area contributed by atoms with Gasteiger partial charge in [-0.2, -0.15) is 0 Å². The van der Waals surface area contributed by atoms with E-state index in [-0.39, 0.29) is 6.09 Å². The maximum absolute atomic E-state index is 11.2. The Morgan fingerprint density at radius 3 is 3.25 bits per heavy atom. The lowest BCUT2D eigenvalue weighted by Crippen LogP contribution is -2.13. The van der Waals surface area contributed by atoms with Gasteiger partial charge in [0.1, 0.15) is 0 Å². The van der Waals surface area contributed by atoms with Crippen molar-refractivity contribution < 1.29 is 9.53 Å². The van der Waals surface area contributed by atoms with E-state index in [2.05, 4.69) is 11.4 Å². The third kappa shape index (κ3) is 2.70. The minimum atomic E-state index is -0.383. The first-order valence-electron chi connectivity index (χ1n) is 5.49. The van der Waals surface area contributed by atoms with Crippen LogP contribution in [0, 0.1) is 0 Å². The minimum absolute atomic E-state index is 0.383. The first-order chi connectivity index (χ1) is 7.79. The van der Waals surface area contributed by atoms with Crippen LogP contribution in [0.2, 0.25) is 0 Å². The maximum Gasteiger partial charge on any atom is 0.411 e. The van der Waals surface area contributed by atoms with E-state index in [4.69, 9.17) is 4.74 Å². The molecule has 16 heavy (non-hydrogen) atoms. The van der Waals surface area contributed by atoms with Crippen molar-refractivity contribution in [1.82, 2.24) is 0 Å². The Kier molecular flexibility index (Phi) is 3.72. The number of thioether (sulfide) groups is 1. The zero-order valence-electron chi connectivity index (χ0n) is 9.29. The second kappa shape index (κ2) is 5.25. The highest BCUT2D eigenvalue weighted by molar-refractivity contribution is 7.99. The van der Waals surface area contributed by atoms with E-state index in [1.807, 2.05) is 23.9 Å². The van der Waals surface area contributed by atoms with Crippen LogP contribution in [0.15, 0.2) is 23.1 Å². The molecule has 0 saturated heterocycles. The van der Waals surface area contributed by atoms with Crippen molar-refractivity contribution in [2.24, 2.45) is 0 Å². The summed E-state index contributed by atoms with van der Waals surface area (Å²) >= 11 is 1.88. The van der Waals surface area contributed by atoms with Crippen LogP contribution in [0.5, 0.6) is 0 Å². The minimum Gasteiger partial charge on any atom is -0.450 e. The highest BCUT2D eigenvalue weighted by Crippen LogP contribution is 2.31. The average Bonchev–Trinajstić information content (AvgIpc) is 2.29. The van der Waals surface area contributed by atoms with E-state index in [0.29, 0.717) is 6.61 Å². The van der Waals surface area contributed by atoms with Crippen molar-refractivity contribution in [1.29, 1.82) is 0 Å². The van der Waals surface area contributed by atoms with Gasteiger partial charge in [0.05, 0.1) is 6.61 Å². The molecule has 0 saturated carbocycles. The van der Waals surface area contributed by atoms with E-state index in [1.165, 1.54) is 22.6 Å². The fourth-order valence-electron chi connectivity index (χ4n) is 1.72. The number of carbonyl (C=O) groups is 1. The smallest absolute Gasteiger partial charge is 0.411 e. The van der Waals surface area contributed by atoms with Crippen LogP contribution in [-0.2, 0) is 11.2 Å². The molecule has 2 rings (SSSR count). The van der Waals surface area contributed by atoms with E-state index in [9.17, 15) is 4.79 Å². The second-order valence-corrected chi connectivity index (χ2v) is 4.76. The highest BCUT2D eigenvalue weighted by Gasteiger charge is 2.11. The van der Waals surface area contributed by atoms with Gasteiger partial charge in [-0.3, -0.25) is 5.32 Å². The van der Waals surface area contributed by atoms with Crippen LogP contribution in [0.1, 0.15) is 18.9 Å². The maximum atomic E-state index is 11.2. The molecular weight excluding hydrogens is 222 g/mol. The standard InChI is InChI=1S/C12H15NO2S/c1-2-15-12(14)13-10-5-6-11-9(8-10)4-3-7-16-11/h5-6,8H,2-4,7H2,1H3,(H,13,14). The monoisotopic (exact) mass is 237 g/mol. The molecule has 0 radical (unpaired) electrons. The molecule has 0 fully saturated rings. The predicted octanol–water partition coefficient (Wildman–Crippen LogP) is 3.29. The molecule has 86 valence electrons. The summed E-state index contributed by atoms with van der Waals surface area (Å²) in [7, 11) is 0. The van der Waals surface area contributed by atoms with Gasteiger partial charge in [0, 0.05) is 10.6 Å². The van der Waals surface area contributed by atoms with E-state index >= 15 is 0 Å². The lowest BCUT2D eigenvalue weighted by molar-refractivity contribution is 0.168. The molecule has 0 spiro atoms. The van der Waals surface area contributed by atoms with Gasteiger partial charge in [-0.25, -0.2) is 4.79 Å². The van der Waals surface area contributed by atoms with Crippen LogP contribution in [0.4, 0.5) is 10.5 Å². The van der Waals surface area contributed by atoms with E-state index in [1.54, 1.807) is 6.92 Å². The number of anilines is 1. The summed E-state index contributed by atoms with van der Waals surface area (Å²) in [5, 5.41) is 2.72. The Labute approximate surface area is 99.6 Å². The summed E-state index contributed by atoms with van der Waals surface area (Å²) < 4.78 is 4.83. The molecule has 1 aliphatic rings. The van der Waals surface area contributed by atoms with Crippen molar-refractivity contribution >= 4 is 23.5 Å². The molecule has 1 aromatic rings. The van der Waals surface area contributed by atoms with Crippen molar-refractivity contribution in [3.63, 3.8) is 0 Å². The molecule has 1 amide bonds. The first-order valence-corrected chi connectivity index (χ1v) is 6.47. The van der Waals surface area contributed by atoms with Crippen molar-refractivity contribution in [2.45, 2.75) is 24.7 Å². The van der Waals surface area contributed by atoms with Gasteiger partial charge in [-0.1, -0.05) is 0 Å². The molecule has 3 nitrogen and oxygen atoms in total. The van der Waals surface area contributed by atoms with Gasteiger partial charge >= 0.3 is 6.09 Å². The van der Waals surface area contributed by atoms with E-state index < -0.39 is 0 Å². The number of carbonyl (C=O) groups excluding carboxylic acids is 1. The molecule has 0 atom stereocenters. The molecule has 0 aromatic heterocycles. The zero-order valence-corrected chi connectivity index (χ0v) is 10.1. The van der Waals surface area contributed by atoms with Crippen LogP contribution >= 0.6 is 11.8 Å². The van der Waals surface area contributed by atoms with Crippen molar-refractivity contribution in [3.8, 4) is 0 Å². The van der Waals surface area contributed by atoms with Gasteiger partial charge in [0.25, 0.3) is 0 Å². The predicted molar refractivity (Wildman–Crippen MR) is 66.1 cm³/mol. The topological polar surface area (TPSA) is 38.3 Å². The van der Waals surface area contributed by atoms with Gasteiger partial charge < -0.3 is 4.74 Å². The quantitative estimate of drug-likeness (QED) is 0.857. The Bertz CT molecular complexity index is 393. The van der Waals surface area contributed by atoms with Crippen LogP contribution in [0.25, 0.3) is 0 Å². The van der Waals surface area contributed by atoms with Gasteiger partial charge in [0.15, 0.2) is 0 Å².